The van der Waals surface area contributed by atoms with Gasteiger partial charge in [-0.3, -0.25) is 14.4 Å². The first kappa shape index (κ1) is 22.3. The molecule has 0 radical (unpaired) electrons. The second-order valence-corrected chi connectivity index (χ2v) is 8.13. The number of morpholine rings is 1. The summed E-state index contributed by atoms with van der Waals surface area (Å²) < 4.78 is 5.80. The van der Waals surface area contributed by atoms with Crippen LogP contribution in [0.2, 0.25) is 0 Å². The summed E-state index contributed by atoms with van der Waals surface area (Å²) in [6, 6.07) is 10.0. The van der Waals surface area contributed by atoms with Crippen LogP contribution in [0, 0.1) is 0 Å². The van der Waals surface area contributed by atoms with Crippen LogP contribution >= 0.6 is 0 Å². The Bertz CT molecular complexity index is 702. The second-order valence-electron chi connectivity index (χ2n) is 8.13. The third-order valence-electron chi connectivity index (χ3n) is 5.84. The smallest absolute Gasteiger partial charge is 0.309 e. The predicted molar refractivity (Wildman–Crippen MR) is 114 cm³/mol. The first-order valence-corrected chi connectivity index (χ1v) is 11.2. The molecule has 1 saturated heterocycles. The largest absolute Gasteiger partial charge is 0.370 e. The summed E-state index contributed by atoms with van der Waals surface area (Å²) in [5, 5.41) is 5.47. The number of hydrogen-bond acceptors (Lipinski definition) is 4. The fourth-order valence-corrected chi connectivity index (χ4v) is 4.10. The van der Waals surface area contributed by atoms with Gasteiger partial charge < -0.3 is 20.3 Å². The van der Waals surface area contributed by atoms with E-state index in [9.17, 15) is 14.4 Å². The zero-order valence-corrected chi connectivity index (χ0v) is 17.6. The lowest BCUT2D eigenvalue weighted by molar-refractivity contribution is -0.140. The van der Waals surface area contributed by atoms with Crippen LogP contribution < -0.4 is 10.6 Å². The Kier molecular flexibility index (Phi) is 8.68. The summed E-state index contributed by atoms with van der Waals surface area (Å²) in [6.45, 7) is 1.95. The van der Waals surface area contributed by atoms with E-state index < -0.39 is 11.8 Å². The highest BCUT2D eigenvalue weighted by molar-refractivity contribution is 6.35. The van der Waals surface area contributed by atoms with Crippen molar-refractivity contribution in [3.05, 3.63) is 35.9 Å². The maximum atomic E-state index is 12.5. The molecule has 1 aromatic carbocycles. The molecule has 1 aliphatic heterocycles. The number of nitrogens with zero attached hydrogens (tertiary/aromatic N) is 1. The molecular weight excluding hydrogens is 382 g/mol. The van der Waals surface area contributed by atoms with Gasteiger partial charge in [-0.15, -0.1) is 0 Å². The molecule has 30 heavy (non-hydrogen) atoms. The molecular formula is C23H33N3O4. The molecule has 2 fully saturated rings. The Morgan fingerprint density at radius 2 is 1.73 bits per heavy atom. The molecule has 7 nitrogen and oxygen atoms in total. The highest BCUT2D eigenvalue weighted by Crippen LogP contribution is 2.22. The van der Waals surface area contributed by atoms with Crippen molar-refractivity contribution in [2.24, 2.45) is 0 Å². The van der Waals surface area contributed by atoms with Gasteiger partial charge in [0.1, 0.15) is 6.10 Å². The second kappa shape index (κ2) is 11.7. The molecule has 0 bridgehead atoms. The first-order valence-electron chi connectivity index (χ1n) is 11.2. The van der Waals surface area contributed by atoms with Crippen molar-refractivity contribution in [2.75, 3.05) is 26.2 Å². The SMILES string of the molecule is O=C(NCCCC(=O)N1CCOC(c2ccccc2)C1)C(=O)NC1CCCCCC1. The molecule has 164 valence electrons. The maximum absolute atomic E-state index is 12.5. The lowest BCUT2D eigenvalue weighted by atomic mass is 10.1. The number of carbonyl (C=O) groups is 3. The van der Waals surface area contributed by atoms with Crippen LogP contribution in [-0.2, 0) is 19.1 Å². The number of nitrogens with one attached hydrogen (secondary N) is 2. The van der Waals surface area contributed by atoms with E-state index in [1.807, 2.05) is 35.2 Å². The molecule has 1 saturated carbocycles. The van der Waals surface area contributed by atoms with E-state index >= 15 is 0 Å². The number of hydrogen-bond donors (Lipinski definition) is 2. The van der Waals surface area contributed by atoms with Crippen LogP contribution in [0.25, 0.3) is 0 Å². The van der Waals surface area contributed by atoms with Crippen LogP contribution in [0.3, 0.4) is 0 Å². The first-order chi connectivity index (χ1) is 14.6. The van der Waals surface area contributed by atoms with Gasteiger partial charge in [-0.1, -0.05) is 56.0 Å². The van der Waals surface area contributed by atoms with Gasteiger partial charge in [-0.05, 0) is 24.8 Å². The molecule has 3 rings (SSSR count). The number of ether oxygens (including phenoxy) is 1. The zero-order chi connectivity index (χ0) is 21.2. The topological polar surface area (TPSA) is 87.7 Å². The van der Waals surface area contributed by atoms with E-state index in [1.54, 1.807) is 0 Å². The van der Waals surface area contributed by atoms with E-state index in [4.69, 9.17) is 4.74 Å². The summed E-state index contributed by atoms with van der Waals surface area (Å²) in [4.78, 5) is 38.4. The van der Waals surface area contributed by atoms with Gasteiger partial charge >= 0.3 is 11.8 Å². The maximum Gasteiger partial charge on any atom is 0.309 e. The van der Waals surface area contributed by atoms with Gasteiger partial charge in [0.2, 0.25) is 5.91 Å². The van der Waals surface area contributed by atoms with E-state index in [-0.39, 0.29) is 18.1 Å². The molecule has 2 N–H and O–H groups in total. The van der Waals surface area contributed by atoms with Crippen LogP contribution in [0.4, 0.5) is 0 Å². The van der Waals surface area contributed by atoms with Crippen molar-refractivity contribution in [1.29, 1.82) is 0 Å². The summed E-state index contributed by atoms with van der Waals surface area (Å²) in [6.07, 6.45) is 7.22. The van der Waals surface area contributed by atoms with Crippen LogP contribution in [0.1, 0.15) is 63.0 Å². The number of benzene rings is 1. The third kappa shape index (κ3) is 6.83. The molecule has 2 aliphatic rings. The Labute approximate surface area is 178 Å². The summed E-state index contributed by atoms with van der Waals surface area (Å²) in [5.41, 5.74) is 1.07. The molecule has 3 amide bonds. The number of carbonyl (C=O) groups excluding carboxylic acids is 3. The molecule has 1 aliphatic carbocycles. The van der Waals surface area contributed by atoms with E-state index in [0.717, 1.165) is 31.2 Å². The van der Waals surface area contributed by atoms with Gasteiger partial charge in [0.05, 0.1) is 13.2 Å². The van der Waals surface area contributed by atoms with Gasteiger partial charge in [0, 0.05) is 25.6 Å². The fraction of sp³-hybridized carbons (Fsp3) is 0.609. The third-order valence-corrected chi connectivity index (χ3v) is 5.84. The van der Waals surface area contributed by atoms with E-state index in [0.29, 0.717) is 39.1 Å². The van der Waals surface area contributed by atoms with Crippen LogP contribution in [0.5, 0.6) is 0 Å². The molecule has 0 spiro atoms. The molecule has 1 heterocycles. The minimum absolute atomic E-state index is 0.0522. The van der Waals surface area contributed by atoms with E-state index in [1.165, 1.54) is 12.8 Å². The van der Waals surface area contributed by atoms with Crippen molar-refractivity contribution in [3.8, 4) is 0 Å². The quantitative estimate of drug-likeness (QED) is 0.424. The summed E-state index contributed by atoms with van der Waals surface area (Å²) in [7, 11) is 0. The molecule has 1 aromatic rings. The molecule has 7 heteroatoms. The lowest BCUT2D eigenvalue weighted by Gasteiger charge is -2.33. The van der Waals surface area contributed by atoms with Crippen molar-refractivity contribution < 1.29 is 19.1 Å². The summed E-state index contributed by atoms with van der Waals surface area (Å²) >= 11 is 0. The lowest BCUT2D eigenvalue weighted by Crippen LogP contribution is -2.45. The van der Waals surface area contributed by atoms with Crippen molar-refractivity contribution in [2.45, 2.75) is 63.5 Å². The Morgan fingerprint density at radius 3 is 2.47 bits per heavy atom. The Balaban J connectivity index is 1.34. The fourth-order valence-electron chi connectivity index (χ4n) is 4.10. The van der Waals surface area contributed by atoms with Gasteiger partial charge in [-0.2, -0.15) is 0 Å². The highest BCUT2D eigenvalue weighted by Gasteiger charge is 2.25. The van der Waals surface area contributed by atoms with Crippen LogP contribution in [-0.4, -0.2) is 54.9 Å². The van der Waals surface area contributed by atoms with Crippen molar-refractivity contribution in [3.63, 3.8) is 0 Å². The molecule has 1 unspecified atom stereocenters. The standard InChI is InChI=1S/C23H33N3O4/c27-21(26-15-16-30-20(17-26)18-9-4-3-5-10-18)13-8-14-24-22(28)23(29)25-19-11-6-1-2-7-12-19/h3-5,9-10,19-20H,1-2,6-8,11-17H2,(H,24,28)(H,25,29). The van der Waals surface area contributed by atoms with Gasteiger partial charge in [-0.25, -0.2) is 0 Å². The zero-order valence-electron chi connectivity index (χ0n) is 17.6. The Morgan fingerprint density at radius 1 is 1.00 bits per heavy atom. The molecule has 0 aromatic heterocycles. The predicted octanol–water partition coefficient (Wildman–Crippen LogP) is 2.32. The average Bonchev–Trinajstić information content (AvgIpc) is 3.05. The van der Waals surface area contributed by atoms with E-state index in [2.05, 4.69) is 10.6 Å². The van der Waals surface area contributed by atoms with Gasteiger partial charge in [0.25, 0.3) is 0 Å². The average molecular weight is 416 g/mol. The van der Waals surface area contributed by atoms with Gasteiger partial charge in [0.15, 0.2) is 0 Å². The minimum atomic E-state index is -0.609. The summed E-state index contributed by atoms with van der Waals surface area (Å²) in [5.74, 6) is -1.12. The van der Waals surface area contributed by atoms with Crippen molar-refractivity contribution >= 4 is 17.7 Å². The van der Waals surface area contributed by atoms with Crippen LogP contribution in [0.15, 0.2) is 30.3 Å². The minimum Gasteiger partial charge on any atom is -0.370 e. The number of amides is 3. The Hall–Kier alpha value is -2.41. The number of rotatable bonds is 6. The normalized spacial score (nSPS) is 20.3. The highest BCUT2D eigenvalue weighted by atomic mass is 16.5. The van der Waals surface area contributed by atoms with Crippen molar-refractivity contribution in [1.82, 2.24) is 15.5 Å². The monoisotopic (exact) mass is 415 g/mol. The molecule has 1 atom stereocenters.